The van der Waals surface area contributed by atoms with Crippen LogP contribution in [0.1, 0.15) is 16.1 Å². The highest BCUT2D eigenvalue weighted by Crippen LogP contribution is 2.29. The molecule has 3 rings (SSSR count). The lowest BCUT2D eigenvalue weighted by Gasteiger charge is -2.09. The Labute approximate surface area is 138 Å². The first-order valence-electron chi connectivity index (χ1n) is 6.80. The normalized spacial score (nSPS) is 20.0. The Balaban J connectivity index is 1.71. The number of amides is 1. The molecule has 1 aromatic heterocycles. The maximum atomic E-state index is 12.2. The van der Waals surface area contributed by atoms with Gasteiger partial charge in [-0.1, -0.05) is 23.7 Å². The van der Waals surface area contributed by atoms with E-state index in [-0.39, 0.29) is 23.5 Å². The van der Waals surface area contributed by atoms with E-state index in [1.165, 1.54) is 11.3 Å². The van der Waals surface area contributed by atoms with Crippen molar-refractivity contribution >= 4 is 38.7 Å². The smallest absolute Gasteiger partial charge is 0.261 e. The molecule has 22 heavy (non-hydrogen) atoms. The molecule has 2 aromatic rings. The minimum absolute atomic E-state index is 0.0359. The molecule has 1 fully saturated rings. The lowest BCUT2D eigenvalue weighted by Crippen LogP contribution is -2.35. The molecular formula is C15H14ClNO3S2. The van der Waals surface area contributed by atoms with Crippen molar-refractivity contribution in [2.24, 2.45) is 0 Å². The van der Waals surface area contributed by atoms with Gasteiger partial charge < -0.3 is 5.32 Å². The average Bonchev–Trinajstić information content (AvgIpc) is 3.06. The summed E-state index contributed by atoms with van der Waals surface area (Å²) in [5, 5.41) is 3.46. The van der Waals surface area contributed by atoms with Gasteiger partial charge in [0, 0.05) is 15.9 Å². The third-order valence-electron chi connectivity index (χ3n) is 3.53. The second kappa shape index (κ2) is 6.02. The number of benzene rings is 1. The number of rotatable bonds is 3. The molecule has 1 saturated heterocycles. The van der Waals surface area contributed by atoms with Crippen LogP contribution in [0.2, 0.25) is 5.02 Å². The Kier molecular flexibility index (Phi) is 4.25. The number of nitrogens with one attached hydrogen (secondary N) is 1. The van der Waals surface area contributed by atoms with Crippen molar-refractivity contribution in [2.75, 3.05) is 11.5 Å². The summed E-state index contributed by atoms with van der Waals surface area (Å²) in [7, 11) is -2.99. The third kappa shape index (κ3) is 3.51. The van der Waals surface area contributed by atoms with Crippen LogP contribution in [0.15, 0.2) is 36.4 Å². The minimum Gasteiger partial charge on any atom is -0.348 e. The quantitative estimate of drug-likeness (QED) is 0.920. The summed E-state index contributed by atoms with van der Waals surface area (Å²) in [6, 6.07) is 10.8. The first kappa shape index (κ1) is 15.5. The summed E-state index contributed by atoms with van der Waals surface area (Å²) in [4.78, 5) is 13.7. The highest BCUT2D eigenvalue weighted by Gasteiger charge is 2.29. The molecule has 0 aliphatic carbocycles. The largest absolute Gasteiger partial charge is 0.348 e. The van der Waals surface area contributed by atoms with E-state index in [0.29, 0.717) is 16.3 Å². The molecule has 7 heteroatoms. The number of carbonyl (C=O) groups excluding carboxylic acids is 1. The zero-order valence-corrected chi connectivity index (χ0v) is 14.0. The fraction of sp³-hybridized carbons (Fsp3) is 0.267. The predicted molar refractivity (Wildman–Crippen MR) is 89.3 cm³/mol. The fourth-order valence-electron chi connectivity index (χ4n) is 2.39. The topological polar surface area (TPSA) is 63.2 Å². The first-order valence-corrected chi connectivity index (χ1v) is 9.82. The molecule has 1 aliphatic heterocycles. The summed E-state index contributed by atoms with van der Waals surface area (Å²) in [6.45, 7) is 0. The Bertz CT molecular complexity index is 796. The van der Waals surface area contributed by atoms with Crippen molar-refractivity contribution in [3.05, 3.63) is 46.3 Å². The number of hydrogen-bond acceptors (Lipinski definition) is 4. The zero-order chi connectivity index (χ0) is 15.7. The number of sulfone groups is 1. The van der Waals surface area contributed by atoms with Crippen LogP contribution in [-0.4, -0.2) is 31.9 Å². The molecule has 1 amide bonds. The number of thiophene rings is 1. The zero-order valence-electron chi connectivity index (χ0n) is 11.6. The number of hydrogen-bond donors (Lipinski definition) is 1. The fourth-order valence-corrected chi connectivity index (χ4v) is 5.11. The molecule has 4 nitrogen and oxygen atoms in total. The van der Waals surface area contributed by atoms with E-state index in [4.69, 9.17) is 11.6 Å². The van der Waals surface area contributed by atoms with Gasteiger partial charge in [0.1, 0.15) is 0 Å². The average molecular weight is 356 g/mol. The maximum absolute atomic E-state index is 12.2. The monoisotopic (exact) mass is 355 g/mol. The Morgan fingerprint density at radius 2 is 1.91 bits per heavy atom. The molecule has 1 unspecified atom stereocenters. The van der Waals surface area contributed by atoms with Gasteiger partial charge in [-0.3, -0.25) is 4.79 Å². The van der Waals surface area contributed by atoms with Gasteiger partial charge >= 0.3 is 0 Å². The van der Waals surface area contributed by atoms with Crippen molar-refractivity contribution in [3.8, 4) is 10.4 Å². The second-order valence-electron chi connectivity index (χ2n) is 5.24. The highest BCUT2D eigenvalue weighted by molar-refractivity contribution is 7.91. The van der Waals surface area contributed by atoms with Gasteiger partial charge in [0.15, 0.2) is 9.84 Å². The molecular weight excluding hydrogens is 342 g/mol. The molecule has 1 atom stereocenters. The molecule has 1 N–H and O–H groups in total. The van der Waals surface area contributed by atoms with Gasteiger partial charge in [-0.2, -0.15) is 0 Å². The lowest BCUT2D eigenvalue weighted by atomic mass is 10.2. The first-order chi connectivity index (χ1) is 10.4. The van der Waals surface area contributed by atoms with Crippen LogP contribution < -0.4 is 5.32 Å². The van der Waals surface area contributed by atoms with E-state index in [0.717, 1.165) is 10.4 Å². The predicted octanol–water partition coefficient (Wildman–Crippen LogP) is 2.99. The highest BCUT2D eigenvalue weighted by atomic mass is 35.5. The summed E-state index contributed by atoms with van der Waals surface area (Å²) in [6.07, 6.45) is 0.490. The van der Waals surface area contributed by atoms with Gasteiger partial charge in [0.05, 0.1) is 16.4 Å². The molecule has 2 heterocycles. The van der Waals surface area contributed by atoms with Gasteiger partial charge in [-0.15, -0.1) is 11.3 Å². The van der Waals surface area contributed by atoms with Gasteiger partial charge in [0.25, 0.3) is 5.91 Å². The van der Waals surface area contributed by atoms with Crippen LogP contribution >= 0.6 is 22.9 Å². The maximum Gasteiger partial charge on any atom is 0.261 e. The van der Waals surface area contributed by atoms with Crippen LogP contribution in [-0.2, 0) is 9.84 Å². The SMILES string of the molecule is O=C(NC1CCS(=O)(=O)C1)c1ccc(-c2ccc(Cl)cc2)s1. The van der Waals surface area contributed by atoms with Crippen molar-refractivity contribution in [1.29, 1.82) is 0 Å². The van der Waals surface area contributed by atoms with E-state index < -0.39 is 9.84 Å². The molecule has 1 aliphatic rings. The third-order valence-corrected chi connectivity index (χ3v) is 6.68. The Hall–Kier alpha value is -1.37. The van der Waals surface area contributed by atoms with Crippen molar-refractivity contribution in [3.63, 3.8) is 0 Å². The standard InChI is InChI=1S/C15H14ClNO3S2/c16-11-3-1-10(2-4-11)13-5-6-14(21-13)15(18)17-12-7-8-22(19,20)9-12/h1-6,12H,7-9H2,(H,17,18). The minimum atomic E-state index is -2.99. The van der Waals surface area contributed by atoms with Crippen molar-refractivity contribution in [2.45, 2.75) is 12.5 Å². The second-order valence-corrected chi connectivity index (χ2v) is 8.99. The van der Waals surface area contributed by atoms with E-state index in [1.54, 1.807) is 18.2 Å². The molecule has 116 valence electrons. The Morgan fingerprint density at radius 3 is 2.55 bits per heavy atom. The van der Waals surface area contributed by atoms with Crippen LogP contribution in [0, 0.1) is 0 Å². The van der Waals surface area contributed by atoms with E-state index in [1.807, 2.05) is 18.2 Å². The molecule has 0 spiro atoms. The molecule has 0 radical (unpaired) electrons. The van der Waals surface area contributed by atoms with Crippen LogP contribution in [0.3, 0.4) is 0 Å². The van der Waals surface area contributed by atoms with Crippen LogP contribution in [0.5, 0.6) is 0 Å². The van der Waals surface area contributed by atoms with Crippen molar-refractivity contribution in [1.82, 2.24) is 5.32 Å². The summed E-state index contributed by atoms with van der Waals surface area (Å²) < 4.78 is 22.8. The van der Waals surface area contributed by atoms with E-state index in [9.17, 15) is 13.2 Å². The van der Waals surface area contributed by atoms with Gasteiger partial charge in [-0.05, 0) is 36.2 Å². The van der Waals surface area contributed by atoms with E-state index >= 15 is 0 Å². The molecule has 1 aromatic carbocycles. The summed E-state index contributed by atoms with van der Waals surface area (Å²) in [5.74, 6) is -0.0284. The summed E-state index contributed by atoms with van der Waals surface area (Å²) in [5.41, 5.74) is 0.997. The molecule has 0 saturated carbocycles. The van der Waals surface area contributed by atoms with Gasteiger partial charge in [0.2, 0.25) is 0 Å². The molecule has 0 bridgehead atoms. The van der Waals surface area contributed by atoms with Gasteiger partial charge in [-0.25, -0.2) is 8.42 Å². The number of carbonyl (C=O) groups is 1. The number of halogens is 1. The lowest BCUT2D eigenvalue weighted by molar-refractivity contribution is 0.0945. The van der Waals surface area contributed by atoms with Crippen LogP contribution in [0.4, 0.5) is 0 Å². The van der Waals surface area contributed by atoms with E-state index in [2.05, 4.69) is 5.32 Å². The van der Waals surface area contributed by atoms with Crippen LogP contribution in [0.25, 0.3) is 10.4 Å². The summed E-state index contributed by atoms with van der Waals surface area (Å²) >= 11 is 7.24. The Morgan fingerprint density at radius 1 is 1.18 bits per heavy atom. The van der Waals surface area contributed by atoms with Crippen molar-refractivity contribution < 1.29 is 13.2 Å².